The van der Waals surface area contributed by atoms with Gasteiger partial charge < -0.3 is 15.3 Å². The molecule has 0 heterocycles. The van der Waals surface area contributed by atoms with Gasteiger partial charge in [0.2, 0.25) is 0 Å². The second-order valence-electron chi connectivity index (χ2n) is 2.48. The quantitative estimate of drug-likeness (QED) is 0.388. The molecule has 0 saturated heterocycles. The Bertz CT molecular complexity index is 233. The van der Waals surface area contributed by atoms with Crippen LogP contribution in [0.1, 0.15) is 6.92 Å². The molecule has 13 heavy (non-hydrogen) atoms. The van der Waals surface area contributed by atoms with Crippen molar-refractivity contribution >= 4 is 10.4 Å². The maximum absolute atomic E-state index is 10.2. The molecule has 0 fully saturated rings. The molecular formula is C5H12O7S. The highest BCUT2D eigenvalue weighted by Crippen LogP contribution is 2.07. The Hall–Kier alpha value is -0.250. The Morgan fingerprint density at radius 2 is 1.85 bits per heavy atom. The van der Waals surface area contributed by atoms with Gasteiger partial charge in [-0.1, -0.05) is 0 Å². The molecule has 0 aromatic carbocycles. The fourth-order valence-electron chi connectivity index (χ4n) is 0.710. The molecule has 0 saturated carbocycles. The zero-order valence-corrected chi connectivity index (χ0v) is 7.68. The highest BCUT2D eigenvalue weighted by atomic mass is 32.3. The van der Waals surface area contributed by atoms with E-state index < -0.39 is 35.3 Å². The van der Waals surface area contributed by atoms with Crippen LogP contribution in [-0.2, 0) is 14.6 Å². The third kappa shape index (κ3) is 5.13. The van der Waals surface area contributed by atoms with Crippen molar-refractivity contribution in [1.29, 1.82) is 0 Å². The van der Waals surface area contributed by atoms with Crippen LogP contribution in [0.4, 0.5) is 0 Å². The van der Waals surface area contributed by atoms with Crippen molar-refractivity contribution < 1.29 is 32.5 Å². The number of hydrogen-bond acceptors (Lipinski definition) is 6. The predicted octanol–water partition coefficient (Wildman–Crippen LogP) is -2.09. The van der Waals surface area contributed by atoms with Crippen molar-refractivity contribution in [2.75, 3.05) is 6.61 Å². The summed E-state index contributed by atoms with van der Waals surface area (Å²) in [5.41, 5.74) is 0. The Morgan fingerprint density at radius 1 is 1.38 bits per heavy atom. The standard InChI is InChI=1S/C5H12O7S/c1-3(7)5(4(8)2-6)12-13(9,10)11/h3-8H,2H2,1H3,(H,9,10,11)/t3-,4+,5+/m1/s1. The van der Waals surface area contributed by atoms with E-state index in [1.54, 1.807) is 0 Å². The van der Waals surface area contributed by atoms with Gasteiger partial charge in [-0.3, -0.25) is 4.55 Å². The molecule has 0 aliphatic rings. The topological polar surface area (TPSA) is 124 Å². The van der Waals surface area contributed by atoms with Crippen LogP contribution in [0, 0.1) is 0 Å². The summed E-state index contributed by atoms with van der Waals surface area (Å²) >= 11 is 0. The van der Waals surface area contributed by atoms with Gasteiger partial charge in [-0.15, -0.1) is 0 Å². The van der Waals surface area contributed by atoms with E-state index in [1.807, 2.05) is 0 Å². The summed E-state index contributed by atoms with van der Waals surface area (Å²) in [6.07, 6.45) is -4.51. The molecule has 0 unspecified atom stereocenters. The van der Waals surface area contributed by atoms with Crippen molar-refractivity contribution in [3.8, 4) is 0 Å². The molecule has 4 N–H and O–H groups in total. The SMILES string of the molecule is C[C@@H](O)[C@H](OS(=O)(=O)O)[C@@H](O)CO. The van der Waals surface area contributed by atoms with Gasteiger partial charge in [-0.25, -0.2) is 4.18 Å². The molecule has 0 aliphatic carbocycles. The molecule has 0 radical (unpaired) electrons. The van der Waals surface area contributed by atoms with Crippen molar-refractivity contribution in [2.24, 2.45) is 0 Å². The lowest BCUT2D eigenvalue weighted by Crippen LogP contribution is -2.41. The fourth-order valence-corrected chi connectivity index (χ4v) is 1.28. The molecular weight excluding hydrogens is 204 g/mol. The lowest BCUT2D eigenvalue weighted by Gasteiger charge is -2.21. The maximum Gasteiger partial charge on any atom is 0.397 e. The molecule has 0 bridgehead atoms. The highest BCUT2D eigenvalue weighted by molar-refractivity contribution is 7.80. The highest BCUT2D eigenvalue weighted by Gasteiger charge is 2.29. The molecule has 80 valence electrons. The molecule has 0 amide bonds. The second kappa shape index (κ2) is 4.84. The Balaban J connectivity index is 4.45. The summed E-state index contributed by atoms with van der Waals surface area (Å²) in [6.45, 7) is 0.361. The van der Waals surface area contributed by atoms with Crippen LogP contribution in [0.25, 0.3) is 0 Å². The first-order chi connectivity index (χ1) is 5.78. The first kappa shape index (κ1) is 12.8. The summed E-state index contributed by atoms with van der Waals surface area (Å²) in [5, 5.41) is 26.3. The van der Waals surface area contributed by atoms with Crippen LogP contribution in [0.5, 0.6) is 0 Å². The molecule has 0 aliphatic heterocycles. The number of aliphatic hydroxyl groups excluding tert-OH is 3. The first-order valence-electron chi connectivity index (χ1n) is 3.40. The van der Waals surface area contributed by atoms with E-state index >= 15 is 0 Å². The molecule has 3 atom stereocenters. The van der Waals surface area contributed by atoms with E-state index in [-0.39, 0.29) is 0 Å². The maximum atomic E-state index is 10.2. The molecule has 0 spiro atoms. The second-order valence-corrected chi connectivity index (χ2v) is 3.53. The molecule has 0 aromatic heterocycles. The van der Waals surface area contributed by atoms with Crippen LogP contribution in [-0.4, -0.2) is 53.2 Å². The number of hydrogen-bond donors (Lipinski definition) is 4. The van der Waals surface area contributed by atoms with E-state index in [9.17, 15) is 8.42 Å². The largest absolute Gasteiger partial charge is 0.397 e. The summed E-state index contributed by atoms with van der Waals surface area (Å²) in [7, 11) is -4.75. The lowest BCUT2D eigenvalue weighted by atomic mass is 10.1. The van der Waals surface area contributed by atoms with E-state index in [2.05, 4.69) is 4.18 Å². The van der Waals surface area contributed by atoms with Crippen molar-refractivity contribution in [3.63, 3.8) is 0 Å². The fraction of sp³-hybridized carbons (Fsp3) is 1.00. The summed E-state index contributed by atoms with van der Waals surface area (Å²) in [4.78, 5) is 0. The third-order valence-corrected chi connectivity index (χ3v) is 1.74. The third-order valence-electron chi connectivity index (χ3n) is 1.27. The summed E-state index contributed by atoms with van der Waals surface area (Å²) in [5.74, 6) is 0. The minimum atomic E-state index is -4.75. The van der Waals surface area contributed by atoms with Gasteiger partial charge in [-0.2, -0.15) is 8.42 Å². The van der Waals surface area contributed by atoms with Gasteiger partial charge in [0.1, 0.15) is 12.2 Å². The smallest absolute Gasteiger partial charge is 0.394 e. The average Bonchev–Trinajstić information content (AvgIpc) is 1.96. The predicted molar refractivity (Wildman–Crippen MR) is 41.2 cm³/mol. The van der Waals surface area contributed by atoms with E-state index in [0.29, 0.717) is 0 Å². The lowest BCUT2D eigenvalue weighted by molar-refractivity contribution is -0.0576. The zero-order chi connectivity index (χ0) is 10.6. The first-order valence-corrected chi connectivity index (χ1v) is 4.77. The molecule has 0 aromatic rings. The summed E-state index contributed by atoms with van der Waals surface area (Å²) in [6, 6.07) is 0. The van der Waals surface area contributed by atoms with Gasteiger partial charge in [0.05, 0.1) is 12.7 Å². The van der Waals surface area contributed by atoms with Crippen LogP contribution in [0.2, 0.25) is 0 Å². The van der Waals surface area contributed by atoms with Gasteiger partial charge in [0.25, 0.3) is 0 Å². The van der Waals surface area contributed by atoms with Gasteiger partial charge >= 0.3 is 10.4 Å². The Kier molecular flexibility index (Phi) is 4.75. The van der Waals surface area contributed by atoms with Crippen LogP contribution >= 0.6 is 0 Å². The molecule has 8 heteroatoms. The van der Waals surface area contributed by atoms with Crippen molar-refractivity contribution in [1.82, 2.24) is 0 Å². The van der Waals surface area contributed by atoms with Gasteiger partial charge in [-0.05, 0) is 6.92 Å². The monoisotopic (exact) mass is 216 g/mol. The number of aliphatic hydroxyl groups is 3. The van der Waals surface area contributed by atoms with Gasteiger partial charge in [0, 0.05) is 0 Å². The Morgan fingerprint density at radius 3 is 2.08 bits per heavy atom. The zero-order valence-electron chi connectivity index (χ0n) is 6.86. The van der Waals surface area contributed by atoms with Crippen LogP contribution in [0.15, 0.2) is 0 Å². The molecule has 0 rings (SSSR count). The van der Waals surface area contributed by atoms with E-state index in [0.717, 1.165) is 6.92 Å². The van der Waals surface area contributed by atoms with Gasteiger partial charge in [0.15, 0.2) is 0 Å². The minimum absolute atomic E-state index is 0.787. The van der Waals surface area contributed by atoms with Crippen molar-refractivity contribution in [3.05, 3.63) is 0 Å². The molecule has 7 nitrogen and oxygen atoms in total. The summed E-state index contributed by atoms with van der Waals surface area (Å²) < 4.78 is 32.5. The minimum Gasteiger partial charge on any atom is -0.394 e. The van der Waals surface area contributed by atoms with E-state index in [4.69, 9.17) is 19.9 Å². The van der Waals surface area contributed by atoms with E-state index in [1.165, 1.54) is 0 Å². The van der Waals surface area contributed by atoms with Crippen LogP contribution < -0.4 is 0 Å². The Labute approximate surface area is 75.5 Å². The average molecular weight is 216 g/mol. The number of rotatable bonds is 5. The van der Waals surface area contributed by atoms with Crippen LogP contribution in [0.3, 0.4) is 0 Å². The normalized spacial score (nSPS) is 19.5. The van der Waals surface area contributed by atoms with Crippen molar-refractivity contribution in [2.45, 2.75) is 25.2 Å².